The zero-order valence-electron chi connectivity index (χ0n) is 9.15. The summed E-state index contributed by atoms with van der Waals surface area (Å²) < 4.78 is 0. The van der Waals surface area contributed by atoms with Crippen LogP contribution in [0.25, 0.3) is 4.85 Å². The summed E-state index contributed by atoms with van der Waals surface area (Å²) in [5.41, 5.74) is 0. The molecule has 1 N–H and O–H groups in total. The highest BCUT2D eigenvalue weighted by Crippen LogP contribution is 2.06. The Labute approximate surface area is 91.0 Å². The molecular weight excluding hydrogens is 192 g/mol. The Morgan fingerprint density at radius 3 is 2.73 bits per heavy atom. The van der Waals surface area contributed by atoms with E-state index in [2.05, 4.69) is 18.3 Å². The second-order valence-electron chi connectivity index (χ2n) is 3.23. The maximum Gasteiger partial charge on any atom is 0.319 e. The normalized spacial score (nSPS) is 11.5. The monoisotopic (exact) mass is 210 g/mol. The highest BCUT2D eigenvalue weighted by Gasteiger charge is 2.23. The van der Waals surface area contributed by atoms with Gasteiger partial charge in [0.05, 0.1) is 0 Å². The van der Waals surface area contributed by atoms with Gasteiger partial charge in [-0.15, -0.1) is 0 Å². The summed E-state index contributed by atoms with van der Waals surface area (Å²) >= 11 is 0. The molecule has 0 spiro atoms. The van der Waals surface area contributed by atoms with Crippen molar-refractivity contribution < 1.29 is 9.90 Å². The molecule has 15 heavy (non-hydrogen) atoms. The second kappa shape index (κ2) is 8.01. The number of hydrogen-bond acceptors (Lipinski definition) is 2. The molecule has 0 aromatic rings. The molecule has 0 fully saturated rings. The quantitative estimate of drug-likeness (QED) is 0.392. The van der Waals surface area contributed by atoms with Crippen LogP contribution in [0, 0.1) is 6.57 Å². The van der Waals surface area contributed by atoms with Gasteiger partial charge in [0.25, 0.3) is 5.91 Å². The zero-order valence-corrected chi connectivity index (χ0v) is 9.15. The van der Waals surface area contributed by atoms with Crippen LogP contribution in [-0.4, -0.2) is 35.2 Å². The van der Waals surface area contributed by atoms with E-state index in [9.17, 15) is 4.79 Å². The molecule has 84 valence electrons. The van der Waals surface area contributed by atoms with Crippen LogP contribution in [0.1, 0.15) is 26.2 Å². The van der Waals surface area contributed by atoms with Gasteiger partial charge in [-0.05, 0) is 6.42 Å². The summed E-state index contributed by atoms with van der Waals surface area (Å²) in [5.74, 6) is -0.410. The number of carbonyl (C=O) groups excluding carboxylic acids is 1. The Morgan fingerprint density at radius 2 is 2.33 bits per heavy atom. The lowest BCUT2D eigenvalue weighted by Gasteiger charge is -2.20. The topological polar surface area (TPSA) is 44.9 Å². The summed E-state index contributed by atoms with van der Waals surface area (Å²) in [4.78, 5) is 16.0. The predicted molar refractivity (Wildman–Crippen MR) is 58.9 cm³/mol. The van der Waals surface area contributed by atoms with Crippen LogP contribution < -0.4 is 0 Å². The molecule has 0 saturated carbocycles. The summed E-state index contributed by atoms with van der Waals surface area (Å²) in [7, 11) is 0. The van der Waals surface area contributed by atoms with E-state index in [1.54, 1.807) is 0 Å². The highest BCUT2D eigenvalue weighted by atomic mass is 16.3. The minimum atomic E-state index is -0.651. The number of aliphatic hydroxyl groups excluding tert-OH is 1. The standard InChI is InChI=1S/C11H18N2O2/c1-4-6-7-8-13(11(15)9-14)10(5-2)12-3/h5,10,14H,2,4,6-9H2,1H3. The van der Waals surface area contributed by atoms with E-state index in [-0.39, 0.29) is 0 Å². The van der Waals surface area contributed by atoms with Gasteiger partial charge in [0.15, 0.2) is 0 Å². The van der Waals surface area contributed by atoms with Crippen molar-refractivity contribution in [2.24, 2.45) is 0 Å². The van der Waals surface area contributed by atoms with Crippen molar-refractivity contribution in [3.05, 3.63) is 24.1 Å². The average Bonchev–Trinajstić information content (AvgIpc) is 2.27. The van der Waals surface area contributed by atoms with E-state index in [1.165, 1.54) is 11.0 Å². The minimum absolute atomic E-state index is 0.410. The van der Waals surface area contributed by atoms with Crippen LogP contribution in [0.2, 0.25) is 0 Å². The van der Waals surface area contributed by atoms with Gasteiger partial charge in [-0.2, -0.15) is 0 Å². The van der Waals surface area contributed by atoms with Gasteiger partial charge in [0.1, 0.15) is 6.61 Å². The van der Waals surface area contributed by atoms with Crippen molar-refractivity contribution in [1.82, 2.24) is 4.90 Å². The van der Waals surface area contributed by atoms with Gasteiger partial charge >= 0.3 is 6.17 Å². The number of unbranched alkanes of at least 4 members (excludes halogenated alkanes) is 2. The van der Waals surface area contributed by atoms with Crippen LogP contribution in [0.4, 0.5) is 0 Å². The molecule has 0 aliphatic heterocycles. The molecule has 0 bridgehead atoms. The molecular formula is C11H18N2O2. The molecule has 4 heteroatoms. The van der Waals surface area contributed by atoms with Crippen molar-refractivity contribution in [1.29, 1.82) is 0 Å². The molecule has 0 aromatic carbocycles. The summed E-state index contributed by atoms with van der Waals surface area (Å²) in [6.45, 7) is 12.4. The first-order valence-corrected chi connectivity index (χ1v) is 5.10. The van der Waals surface area contributed by atoms with Crippen molar-refractivity contribution in [2.75, 3.05) is 13.2 Å². The average molecular weight is 210 g/mol. The Hall–Kier alpha value is -1.34. The zero-order chi connectivity index (χ0) is 11.7. The van der Waals surface area contributed by atoms with E-state index in [1.807, 2.05) is 0 Å². The largest absolute Gasteiger partial charge is 0.387 e. The molecule has 0 rings (SSSR count). The molecule has 0 aromatic heterocycles. The molecule has 0 saturated heterocycles. The number of aliphatic hydroxyl groups is 1. The lowest BCUT2D eigenvalue weighted by molar-refractivity contribution is -0.135. The van der Waals surface area contributed by atoms with Crippen LogP contribution in [0.15, 0.2) is 12.7 Å². The number of nitrogens with zero attached hydrogens (tertiary/aromatic N) is 2. The first kappa shape index (κ1) is 13.7. The van der Waals surface area contributed by atoms with E-state index in [0.29, 0.717) is 6.54 Å². The van der Waals surface area contributed by atoms with Crippen LogP contribution >= 0.6 is 0 Å². The van der Waals surface area contributed by atoms with E-state index in [0.717, 1.165) is 19.3 Å². The number of rotatable bonds is 7. The first-order valence-electron chi connectivity index (χ1n) is 5.10. The van der Waals surface area contributed by atoms with Gasteiger partial charge in [0.2, 0.25) is 0 Å². The fraction of sp³-hybridized carbons (Fsp3) is 0.636. The fourth-order valence-corrected chi connectivity index (χ4v) is 1.28. The third-order valence-electron chi connectivity index (χ3n) is 2.12. The predicted octanol–water partition coefficient (Wildman–Crippen LogP) is 1.43. The SMILES string of the molecule is [C-]#[N+]C(C=C)N(CCCCC)C(=O)CO. The van der Waals surface area contributed by atoms with Crippen LogP contribution in [-0.2, 0) is 4.79 Å². The van der Waals surface area contributed by atoms with Gasteiger partial charge in [0, 0.05) is 12.6 Å². The van der Waals surface area contributed by atoms with Crippen molar-refractivity contribution in [3.8, 4) is 0 Å². The van der Waals surface area contributed by atoms with Gasteiger partial charge in [-0.1, -0.05) is 26.3 Å². The molecule has 1 atom stereocenters. The molecule has 1 amide bonds. The molecule has 0 aliphatic carbocycles. The Kier molecular flexibility index (Phi) is 7.29. The number of carbonyl (C=O) groups is 1. The molecule has 0 radical (unpaired) electrons. The smallest absolute Gasteiger partial charge is 0.319 e. The van der Waals surface area contributed by atoms with Crippen LogP contribution in [0.3, 0.4) is 0 Å². The second-order valence-corrected chi connectivity index (χ2v) is 3.23. The fourth-order valence-electron chi connectivity index (χ4n) is 1.28. The summed E-state index contributed by atoms with van der Waals surface area (Å²) in [5, 5.41) is 8.77. The van der Waals surface area contributed by atoms with Gasteiger partial charge in [-0.25, -0.2) is 6.57 Å². The van der Waals surface area contributed by atoms with Crippen molar-refractivity contribution in [2.45, 2.75) is 32.4 Å². The molecule has 1 unspecified atom stereocenters. The number of hydrogen-bond donors (Lipinski definition) is 1. The van der Waals surface area contributed by atoms with Crippen LogP contribution in [0.5, 0.6) is 0 Å². The van der Waals surface area contributed by atoms with Crippen molar-refractivity contribution in [3.63, 3.8) is 0 Å². The van der Waals surface area contributed by atoms with Gasteiger partial charge < -0.3 is 5.11 Å². The number of amides is 1. The highest BCUT2D eigenvalue weighted by molar-refractivity contribution is 5.77. The molecule has 4 nitrogen and oxygen atoms in total. The Bertz CT molecular complexity index is 245. The first-order chi connectivity index (χ1) is 7.21. The summed E-state index contributed by atoms with van der Waals surface area (Å²) in [6, 6.07) is 0. The lowest BCUT2D eigenvalue weighted by atomic mass is 10.2. The van der Waals surface area contributed by atoms with E-state index < -0.39 is 18.7 Å². The van der Waals surface area contributed by atoms with E-state index in [4.69, 9.17) is 11.7 Å². The maximum atomic E-state index is 11.4. The minimum Gasteiger partial charge on any atom is -0.387 e. The van der Waals surface area contributed by atoms with E-state index >= 15 is 0 Å². The lowest BCUT2D eigenvalue weighted by Crippen LogP contribution is -2.39. The van der Waals surface area contributed by atoms with Gasteiger partial charge in [-0.3, -0.25) is 14.5 Å². The Morgan fingerprint density at radius 1 is 1.67 bits per heavy atom. The molecule has 0 heterocycles. The Balaban J connectivity index is 4.37. The third-order valence-corrected chi connectivity index (χ3v) is 2.12. The maximum absolute atomic E-state index is 11.4. The van der Waals surface area contributed by atoms with Crippen molar-refractivity contribution >= 4 is 5.91 Å². The molecule has 0 aliphatic rings. The summed E-state index contributed by atoms with van der Waals surface area (Å²) in [6.07, 6.45) is 3.69. The third kappa shape index (κ3) is 4.61.